The van der Waals surface area contributed by atoms with Gasteiger partial charge >= 0.3 is 6.18 Å². The van der Waals surface area contributed by atoms with Crippen molar-refractivity contribution in [1.29, 1.82) is 0 Å². The molecule has 4 rings (SSSR count). The Labute approximate surface area is 216 Å². The standard InChI is InChI=1S/C23H13Cl4F3N2OS/c24-13-2-1-11(17(27)8-13)10-32-18(9-16(23(28,29)30)21(31)22(32)33)20-4-3-19(34-20)12-5-14(25)7-15(26)6-12/h1-9H,10,31H2. The van der Waals surface area contributed by atoms with E-state index in [0.29, 0.717) is 35.9 Å². The van der Waals surface area contributed by atoms with E-state index >= 15 is 0 Å². The Morgan fingerprint density at radius 2 is 1.50 bits per heavy atom. The summed E-state index contributed by atoms with van der Waals surface area (Å²) < 4.78 is 42.1. The summed E-state index contributed by atoms with van der Waals surface area (Å²) in [5.41, 5.74) is 3.79. The van der Waals surface area contributed by atoms with Crippen LogP contribution in [0.3, 0.4) is 0 Å². The molecule has 2 N–H and O–H groups in total. The molecule has 0 spiro atoms. The van der Waals surface area contributed by atoms with Crippen molar-refractivity contribution in [2.45, 2.75) is 12.7 Å². The highest BCUT2D eigenvalue weighted by Gasteiger charge is 2.36. The minimum atomic E-state index is -4.81. The predicted octanol–water partition coefficient (Wildman–Crippen LogP) is 8.51. The first-order chi connectivity index (χ1) is 15.9. The van der Waals surface area contributed by atoms with E-state index in [-0.39, 0.29) is 17.3 Å². The zero-order chi connectivity index (χ0) is 24.8. The summed E-state index contributed by atoms with van der Waals surface area (Å²) >= 11 is 25.6. The lowest BCUT2D eigenvalue weighted by atomic mass is 10.1. The number of rotatable bonds is 4. The minimum absolute atomic E-state index is 0.0434. The minimum Gasteiger partial charge on any atom is -0.394 e. The molecule has 0 saturated heterocycles. The number of hydrogen-bond donors (Lipinski definition) is 1. The van der Waals surface area contributed by atoms with E-state index in [1.807, 2.05) is 0 Å². The van der Waals surface area contributed by atoms with Gasteiger partial charge in [0.1, 0.15) is 5.69 Å². The van der Waals surface area contributed by atoms with E-state index in [0.717, 1.165) is 6.07 Å². The van der Waals surface area contributed by atoms with Crippen LogP contribution in [0.2, 0.25) is 20.1 Å². The smallest absolute Gasteiger partial charge is 0.394 e. The number of nitrogens with zero attached hydrogens (tertiary/aromatic N) is 1. The highest BCUT2D eigenvalue weighted by molar-refractivity contribution is 7.18. The van der Waals surface area contributed by atoms with Gasteiger partial charge in [0.2, 0.25) is 0 Å². The maximum atomic E-state index is 13.7. The quantitative estimate of drug-likeness (QED) is 0.270. The molecule has 0 radical (unpaired) electrons. The van der Waals surface area contributed by atoms with Crippen LogP contribution in [0.1, 0.15) is 11.1 Å². The molecule has 2 aromatic carbocycles. The topological polar surface area (TPSA) is 48.0 Å². The summed E-state index contributed by atoms with van der Waals surface area (Å²) in [5.74, 6) is 0. The van der Waals surface area contributed by atoms with Crippen LogP contribution >= 0.6 is 57.7 Å². The molecular formula is C23H13Cl4F3N2OS. The van der Waals surface area contributed by atoms with Gasteiger partial charge in [0, 0.05) is 25.0 Å². The molecular weight excluding hydrogens is 551 g/mol. The molecule has 0 aliphatic carbocycles. The summed E-state index contributed by atoms with van der Waals surface area (Å²) in [6.07, 6.45) is -4.81. The molecule has 2 aromatic heterocycles. The van der Waals surface area contributed by atoms with Crippen molar-refractivity contribution < 1.29 is 13.2 Å². The lowest BCUT2D eigenvalue weighted by Crippen LogP contribution is -2.28. The lowest BCUT2D eigenvalue weighted by Gasteiger charge is -2.18. The Kier molecular flexibility index (Phi) is 6.95. The first kappa shape index (κ1) is 24.9. The van der Waals surface area contributed by atoms with Gasteiger partial charge in [0.25, 0.3) is 5.56 Å². The number of nitrogen functional groups attached to an aromatic ring is 1. The summed E-state index contributed by atoms with van der Waals surface area (Å²) in [7, 11) is 0. The van der Waals surface area contributed by atoms with E-state index in [2.05, 4.69) is 0 Å². The fourth-order valence-electron chi connectivity index (χ4n) is 3.41. The van der Waals surface area contributed by atoms with E-state index < -0.39 is 23.0 Å². The van der Waals surface area contributed by atoms with Gasteiger partial charge in [-0.25, -0.2) is 0 Å². The number of halogens is 7. The van der Waals surface area contributed by atoms with Crippen molar-refractivity contribution in [3.63, 3.8) is 0 Å². The van der Waals surface area contributed by atoms with Crippen molar-refractivity contribution in [2.75, 3.05) is 5.73 Å². The van der Waals surface area contributed by atoms with E-state index in [1.54, 1.807) is 42.5 Å². The number of aromatic nitrogens is 1. The number of alkyl halides is 3. The molecule has 0 amide bonds. The average molecular weight is 564 g/mol. The first-order valence-electron chi connectivity index (χ1n) is 9.55. The second-order valence-electron chi connectivity index (χ2n) is 7.30. The number of thiophene rings is 1. The number of hydrogen-bond acceptors (Lipinski definition) is 3. The van der Waals surface area contributed by atoms with Gasteiger partial charge in [-0.05, 0) is 59.7 Å². The molecule has 34 heavy (non-hydrogen) atoms. The van der Waals surface area contributed by atoms with Gasteiger partial charge < -0.3 is 10.3 Å². The van der Waals surface area contributed by atoms with Gasteiger partial charge in [0.05, 0.1) is 22.7 Å². The lowest BCUT2D eigenvalue weighted by molar-refractivity contribution is -0.137. The van der Waals surface area contributed by atoms with Crippen molar-refractivity contribution in [3.8, 4) is 21.0 Å². The molecule has 0 saturated carbocycles. The van der Waals surface area contributed by atoms with Crippen LogP contribution in [0.4, 0.5) is 18.9 Å². The Hall–Kier alpha value is -2.16. The van der Waals surface area contributed by atoms with Crippen LogP contribution < -0.4 is 11.3 Å². The molecule has 0 atom stereocenters. The Balaban J connectivity index is 1.91. The zero-order valence-corrected chi connectivity index (χ0v) is 20.7. The second-order valence-corrected chi connectivity index (χ2v) is 10.1. The molecule has 0 bridgehead atoms. The average Bonchev–Trinajstić information content (AvgIpc) is 3.22. The van der Waals surface area contributed by atoms with E-state index in [9.17, 15) is 18.0 Å². The van der Waals surface area contributed by atoms with Crippen molar-refractivity contribution in [1.82, 2.24) is 4.57 Å². The SMILES string of the molecule is Nc1c(C(F)(F)F)cc(-c2ccc(-c3cc(Cl)cc(Cl)c3)s2)n(Cc2ccc(Cl)cc2Cl)c1=O. The van der Waals surface area contributed by atoms with E-state index in [1.165, 1.54) is 22.0 Å². The van der Waals surface area contributed by atoms with Gasteiger partial charge in [-0.3, -0.25) is 4.79 Å². The molecule has 3 nitrogen and oxygen atoms in total. The second kappa shape index (κ2) is 9.47. The van der Waals surface area contributed by atoms with Crippen molar-refractivity contribution >= 4 is 63.4 Å². The molecule has 11 heteroatoms. The molecule has 2 heterocycles. The molecule has 0 fully saturated rings. The predicted molar refractivity (Wildman–Crippen MR) is 134 cm³/mol. The Morgan fingerprint density at radius 1 is 0.853 bits per heavy atom. The summed E-state index contributed by atoms with van der Waals surface area (Å²) in [4.78, 5) is 14.1. The normalized spacial score (nSPS) is 11.7. The van der Waals surface area contributed by atoms with Gasteiger partial charge in [-0.1, -0.05) is 52.5 Å². The number of nitrogens with two attached hydrogens (primary N) is 1. The first-order valence-corrected chi connectivity index (χ1v) is 11.9. The van der Waals surface area contributed by atoms with E-state index in [4.69, 9.17) is 52.1 Å². The molecule has 0 aliphatic rings. The van der Waals surface area contributed by atoms with Crippen LogP contribution in [0.15, 0.2) is 59.4 Å². The summed E-state index contributed by atoms with van der Waals surface area (Å²) in [6.45, 7) is -0.108. The van der Waals surface area contributed by atoms with Crippen LogP contribution in [0.5, 0.6) is 0 Å². The van der Waals surface area contributed by atoms with Gasteiger partial charge in [0.15, 0.2) is 0 Å². The fraction of sp³-hybridized carbons (Fsp3) is 0.0870. The number of benzene rings is 2. The Bertz CT molecular complexity index is 1440. The molecule has 176 valence electrons. The van der Waals surface area contributed by atoms with Crippen LogP contribution in [-0.2, 0) is 12.7 Å². The largest absolute Gasteiger partial charge is 0.418 e. The summed E-state index contributed by atoms with van der Waals surface area (Å²) in [6, 6.07) is 13.8. The maximum absolute atomic E-state index is 13.7. The van der Waals surface area contributed by atoms with Crippen molar-refractivity contribution in [2.24, 2.45) is 0 Å². The molecule has 4 aromatic rings. The molecule has 0 unspecified atom stereocenters. The zero-order valence-electron chi connectivity index (χ0n) is 16.9. The monoisotopic (exact) mass is 562 g/mol. The highest BCUT2D eigenvalue weighted by Crippen LogP contribution is 2.40. The van der Waals surface area contributed by atoms with Gasteiger partial charge in [-0.2, -0.15) is 13.2 Å². The maximum Gasteiger partial charge on any atom is 0.418 e. The number of pyridine rings is 1. The third kappa shape index (κ3) is 5.09. The third-order valence-corrected chi connectivity index (χ3v) is 7.17. The Morgan fingerprint density at radius 3 is 2.12 bits per heavy atom. The number of anilines is 1. The highest BCUT2D eigenvalue weighted by atomic mass is 35.5. The molecule has 0 aliphatic heterocycles. The van der Waals surface area contributed by atoms with Gasteiger partial charge in [-0.15, -0.1) is 11.3 Å². The van der Waals surface area contributed by atoms with Crippen LogP contribution in [-0.4, -0.2) is 4.57 Å². The van der Waals surface area contributed by atoms with Crippen molar-refractivity contribution in [3.05, 3.63) is 96.2 Å². The fourth-order valence-corrected chi connectivity index (χ4v) is 5.42. The summed E-state index contributed by atoms with van der Waals surface area (Å²) in [5, 5.41) is 1.48. The van der Waals surface area contributed by atoms with Crippen LogP contribution in [0, 0.1) is 0 Å². The third-order valence-electron chi connectivity index (χ3n) is 4.99. The van der Waals surface area contributed by atoms with Crippen LogP contribution in [0.25, 0.3) is 21.0 Å².